The minimum absolute atomic E-state index is 0.462. The molecule has 20 heavy (non-hydrogen) atoms. The zero-order valence-corrected chi connectivity index (χ0v) is 12.2. The van der Waals surface area contributed by atoms with E-state index in [1.54, 1.807) is 7.05 Å². The Morgan fingerprint density at radius 1 is 1.45 bits per heavy atom. The molecule has 5 heteroatoms. The van der Waals surface area contributed by atoms with Crippen molar-refractivity contribution in [1.82, 2.24) is 5.32 Å². The number of nitrogens with one attached hydrogen (secondary N) is 1. The van der Waals surface area contributed by atoms with Crippen molar-refractivity contribution in [3.63, 3.8) is 0 Å². The summed E-state index contributed by atoms with van der Waals surface area (Å²) in [6.07, 6.45) is 0.740. The minimum Gasteiger partial charge on any atom is -0.492 e. The summed E-state index contributed by atoms with van der Waals surface area (Å²) in [5.41, 5.74) is 1.23. The van der Waals surface area contributed by atoms with E-state index in [2.05, 4.69) is 19.4 Å². The predicted octanol–water partition coefficient (Wildman–Crippen LogP) is 1.93. The first kappa shape index (κ1) is 13.2. The molecule has 0 unspecified atom stereocenters. The Morgan fingerprint density at radius 2 is 2.25 bits per heavy atom. The molecule has 5 nitrogen and oxygen atoms in total. The summed E-state index contributed by atoms with van der Waals surface area (Å²) in [5.74, 6) is 1.95. The van der Waals surface area contributed by atoms with Gasteiger partial charge in [0.05, 0.1) is 38.7 Å². The van der Waals surface area contributed by atoms with Crippen molar-refractivity contribution >= 4 is 6.09 Å². The van der Waals surface area contributed by atoms with Crippen LogP contribution >= 0.6 is 0 Å². The third-order valence-electron chi connectivity index (χ3n) is 4.45. The van der Waals surface area contributed by atoms with E-state index in [9.17, 15) is 4.79 Å². The number of rotatable bonds is 1. The van der Waals surface area contributed by atoms with Crippen LogP contribution in [0.2, 0.25) is 0 Å². The second kappa shape index (κ2) is 4.66. The average molecular weight is 277 g/mol. The lowest BCUT2D eigenvalue weighted by atomic mass is 9.91. The van der Waals surface area contributed by atoms with E-state index < -0.39 is 6.09 Å². The third-order valence-corrected chi connectivity index (χ3v) is 4.45. The molecule has 0 spiro atoms. The lowest BCUT2D eigenvalue weighted by Crippen LogP contribution is -2.42. The molecule has 1 fully saturated rings. The maximum absolute atomic E-state index is 11.3. The number of likely N-dealkylation sites (tertiary alicyclic amines) is 1. The van der Waals surface area contributed by atoms with E-state index in [1.807, 2.05) is 18.2 Å². The molecule has 1 amide bonds. The van der Waals surface area contributed by atoms with Gasteiger partial charge in [-0.1, -0.05) is 0 Å². The first-order valence-electron chi connectivity index (χ1n) is 7.00. The lowest BCUT2D eigenvalue weighted by molar-refractivity contribution is -0.910. The minimum atomic E-state index is -0.462. The van der Waals surface area contributed by atoms with Crippen molar-refractivity contribution in [2.75, 3.05) is 34.3 Å². The smallest absolute Gasteiger partial charge is 0.412 e. The summed E-state index contributed by atoms with van der Waals surface area (Å²) in [7, 11) is 6.09. The van der Waals surface area contributed by atoms with Crippen LogP contribution in [0.25, 0.3) is 0 Å². The van der Waals surface area contributed by atoms with E-state index in [1.165, 1.54) is 18.5 Å². The van der Waals surface area contributed by atoms with Crippen LogP contribution in [-0.4, -0.2) is 44.9 Å². The summed E-state index contributed by atoms with van der Waals surface area (Å²) in [6, 6.07) is 6.18. The third kappa shape index (κ3) is 2.12. The van der Waals surface area contributed by atoms with Crippen LogP contribution < -0.4 is 14.8 Å². The van der Waals surface area contributed by atoms with Crippen molar-refractivity contribution in [2.45, 2.75) is 12.5 Å². The molecule has 0 bridgehead atoms. The van der Waals surface area contributed by atoms with E-state index in [-0.39, 0.29) is 0 Å². The van der Waals surface area contributed by atoms with Crippen LogP contribution in [0.15, 0.2) is 18.2 Å². The number of fused-ring (bicyclic) bond motifs is 3. The van der Waals surface area contributed by atoms with Crippen LogP contribution in [0.5, 0.6) is 11.5 Å². The van der Waals surface area contributed by atoms with Gasteiger partial charge >= 0.3 is 6.09 Å². The zero-order valence-electron chi connectivity index (χ0n) is 12.2. The van der Waals surface area contributed by atoms with Gasteiger partial charge in [-0.3, -0.25) is 0 Å². The van der Waals surface area contributed by atoms with Crippen LogP contribution in [0.3, 0.4) is 0 Å². The molecule has 0 aromatic heterocycles. The molecular weight excluding hydrogens is 256 g/mol. The standard InChI is InChI=1S/C15H20N2O3/c1-16-15(18)20-11-4-5-12-13(8-11)19-9-10-6-7-17(2,3)14(10)12/h4-5,8,10,14H,6-7,9H2,1-3H3/p+1/t10-,14-/m0/s1. The SMILES string of the molecule is CNC(=O)Oc1ccc2c(c1)OC[C@@H]1CC[N+](C)(C)[C@H]21. The first-order chi connectivity index (χ1) is 9.51. The van der Waals surface area contributed by atoms with Crippen molar-refractivity contribution in [3.8, 4) is 11.5 Å². The highest BCUT2D eigenvalue weighted by Crippen LogP contribution is 2.48. The summed E-state index contributed by atoms with van der Waals surface area (Å²) in [4.78, 5) is 11.3. The number of hydrogen-bond acceptors (Lipinski definition) is 3. The molecule has 108 valence electrons. The van der Waals surface area contributed by atoms with Crippen LogP contribution in [0, 0.1) is 5.92 Å². The normalized spacial score (nSPS) is 26.1. The van der Waals surface area contributed by atoms with Gasteiger partial charge in [-0.05, 0) is 12.1 Å². The van der Waals surface area contributed by atoms with Crippen molar-refractivity contribution in [3.05, 3.63) is 23.8 Å². The molecule has 2 heterocycles. The predicted molar refractivity (Wildman–Crippen MR) is 74.8 cm³/mol. The largest absolute Gasteiger partial charge is 0.492 e. The topological polar surface area (TPSA) is 47.6 Å². The number of carbonyl (C=O) groups excluding carboxylic acids is 1. The molecule has 0 aliphatic carbocycles. The number of quaternary nitrogens is 1. The fourth-order valence-corrected chi connectivity index (χ4v) is 3.47. The zero-order chi connectivity index (χ0) is 14.3. The van der Waals surface area contributed by atoms with E-state index in [0.29, 0.717) is 17.7 Å². The van der Waals surface area contributed by atoms with Gasteiger partial charge in [0.25, 0.3) is 0 Å². The van der Waals surface area contributed by atoms with Gasteiger partial charge in [0.1, 0.15) is 17.5 Å². The molecule has 1 N–H and O–H groups in total. The first-order valence-corrected chi connectivity index (χ1v) is 7.00. The van der Waals surface area contributed by atoms with Gasteiger partial charge in [0.15, 0.2) is 0 Å². The fourth-order valence-electron chi connectivity index (χ4n) is 3.47. The molecule has 3 rings (SSSR count). The summed E-state index contributed by atoms with van der Waals surface area (Å²) < 4.78 is 12.0. The van der Waals surface area contributed by atoms with Gasteiger partial charge in [-0.25, -0.2) is 4.79 Å². The van der Waals surface area contributed by atoms with Crippen LogP contribution in [-0.2, 0) is 0 Å². The molecule has 1 aromatic carbocycles. The van der Waals surface area contributed by atoms with Crippen LogP contribution in [0.1, 0.15) is 18.0 Å². The second-order valence-electron chi connectivity index (χ2n) is 6.15. The van der Waals surface area contributed by atoms with E-state index in [4.69, 9.17) is 9.47 Å². The Bertz CT molecular complexity index is 542. The summed E-state index contributed by atoms with van der Waals surface area (Å²) in [6.45, 7) is 1.93. The van der Waals surface area contributed by atoms with Crippen molar-refractivity contribution < 1.29 is 18.8 Å². The lowest BCUT2D eigenvalue weighted by Gasteiger charge is -2.37. The van der Waals surface area contributed by atoms with Gasteiger partial charge in [-0.2, -0.15) is 0 Å². The molecule has 2 aliphatic rings. The summed E-state index contributed by atoms with van der Waals surface area (Å²) in [5, 5.41) is 2.44. The molecule has 0 radical (unpaired) electrons. The highest BCUT2D eigenvalue weighted by molar-refractivity contribution is 5.70. The Labute approximate surface area is 119 Å². The monoisotopic (exact) mass is 277 g/mol. The Morgan fingerprint density at radius 3 is 3.00 bits per heavy atom. The molecule has 1 saturated heterocycles. The molecule has 2 atom stereocenters. The van der Waals surface area contributed by atoms with E-state index in [0.717, 1.165) is 16.8 Å². The Balaban J connectivity index is 1.92. The highest BCUT2D eigenvalue weighted by Gasteiger charge is 2.47. The Hall–Kier alpha value is -1.75. The van der Waals surface area contributed by atoms with E-state index >= 15 is 0 Å². The van der Waals surface area contributed by atoms with Crippen molar-refractivity contribution in [1.29, 1.82) is 0 Å². The maximum Gasteiger partial charge on any atom is 0.412 e. The number of carbonyl (C=O) groups is 1. The van der Waals surface area contributed by atoms with Gasteiger partial charge in [0.2, 0.25) is 0 Å². The van der Waals surface area contributed by atoms with Gasteiger partial charge in [-0.15, -0.1) is 0 Å². The number of amides is 1. The summed E-state index contributed by atoms with van der Waals surface area (Å²) >= 11 is 0. The second-order valence-corrected chi connectivity index (χ2v) is 6.15. The average Bonchev–Trinajstić information content (AvgIpc) is 2.74. The maximum atomic E-state index is 11.3. The highest BCUT2D eigenvalue weighted by atomic mass is 16.6. The quantitative estimate of drug-likeness (QED) is 0.798. The van der Waals surface area contributed by atoms with Gasteiger partial charge in [0, 0.05) is 19.5 Å². The Kier molecular flexibility index (Phi) is 3.09. The number of benzene rings is 1. The van der Waals surface area contributed by atoms with Crippen LogP contribution in [0.4, 0.5) is 4.79 Å². The molecule has 2 aliphatic heterocycles. The fraction of sp³-hybridized carbons (Fsp3) is 0.533. The molecular formula is C15H21N2O3+. The number of ether oxygens (including phenoxy) is 2. The number of nitrogens with zero attached hydrogens (tertiary/aromatic N) is 1. The molecule has 1 aromatic rings. The van der Waals surface area contributed by atoms with Crippen molar-refractivity contribution in [2.24, 2.45) is 5.92 Å². The number of hydrogen-bond donors (Lipinski definition) is 1. The van der Waals surface area contributed by atoms with Gasteiger partial charge < -0.3 is 19.3 Å². The molecule has 0 saturated carbocycles.